The molecule has 0 spiro atoms. The molecule has 1 saturated carbocycles. The highest BCUT2D eigenvalue weighted by atomic mass is 16.1. The molecular formula is C12H22O. The van der Waals surface area contributed by atoms with Crippen molar-refractivity contribution in [3.05, 3.63) is 0 Å². The fraction of sp³-hybridized carbons (Fsp3) is 0.917. The van der Waals surface area contributed by atoms with Gasteiger partial charge in [0.05, 0.1) is 0 Å². The van der Waals surface area contributed by atoms with E-state index in [-0.39, 0.29) is 5.41 Å². The van der Waals surface area contributed by atoms with Crippen LogP contribution in [0.2, 0.25) is 0 Å². The summed E-state index contributed by atoms with van der Waals surface area (Å²) in [4.78, 5) is 11.8. The molecule has 0 aromatic heterocycles. The van der Waals surface area contributed by atoms with Crippen LogP contribution in [0, 0.1) is 5.41 Å². The molecule has 0 bridgehead atoms. The van der Waals surface area contributed by atoms with Gasteiger partial charge in [-0.2, -0.15) is 0 Å². The Morgan fingerprint density at radius 3 is 2.46 bits per heavy atom. The number of hydrogen-bond acceptors (Lipinski definition) is 1. The predicted molar refractivity (Wildman–Crippen MR) is 55.7 cm³/mol. The lowest BCUT2D eigenvalue weighted by Crippen LogP contribution is -2.25. The van der Waals surface area contributed by atoms with Gasteiger partial charge < -0.3 is 0 Å². The normalized spacial score (nSPS) is 28.3. The van der Waals surface area contributed by atoms with E-state index in [2.05, 4.69) is 13.8 Å². The van der Waals surface area contributed by atoms with Crippen LogP contribution in [0.1, 0.15) is 65.2 Å². The largest absolute Gasteiger partial charge is 0.299 e. The molecule has 0 aromatic carbocycles. The fourth-order valence-electron chi connectivity index (χ4n) is 2.64. The van der Waals surface area contributed by atoms with Crippen LogP contribution in [-0.4, -0.2) is 5.78 Å². The zero-order valence-electron chi connectivity index (χ0n) is 9.07. The van der Waals surface area contributed by atoms with Crippen molar-refractivity contribution in [2.75, 3.05) is 0 Å². The average molecular weight is 182 g/mol. The van der Waals surface area contributed by atoms with Crippen LogP contribution in [-0.2, 0) is 4.79 Å². The standard InChI is InChI=1S/C12H22O/c1-3-5-9-12(8-4-2)10-6-7-11(12)13/h3-10H2,1-2H3. The molecule has 1 aliphatic rings. The van der Waals surface area contributed by atoms with Crippen LogP contribution in [0.3, 0.4) is 0 Å². The number of ketones is 1. The highest BCUT2D eigenvalue weighted by Crippen LogP contribution is 2.43. The van der Waals surface area contributed by atoms with Crippen LogP contribution in [0.15, 0.2) is 0 Å². The lowest BCUT2D eigenvalue weighted by molar-refractivity contribution is -0.126. The van der Waals surface area contributed by atoms with E-state index in [1.807, 2.05) is 0 Å². The summed E-state index contributed by atoms with van der Waals surface area (Å²) in [5.74, 6) is 0.558. The number of carbonyl (C=O) groups excluding carboxylic acids is 1. The second-order valence-electron chi connectivity index (χ2n) is 4.41. The van der Waals surface area contributed by atoms with Crippen molar-refractivity contribution >= 4 is 5.78 Å². The molecule has 1 atom stereocenters. The number of hydrogen-bond donors (Lipinski definition) is 0. The van der Waals surface area contributed by atoms with Gasteiger partial charge in [0.1, 0.15) is 5.78 Å². The Hall–Kier alpha value is -0.330. The number of Topliss-reactive ketones (excluding diaryl/α,β-unsaturated/α-hetero) is 1. The summed E-state index contributed by atoms with van der Waals surface area (Å²) in [7, 11) is 0. The first-order valence-corrected chi connectivity index (χ1v) is 5.78. The molecule has 0 saturated heterocycles. The van der Waals surface area contributed by atoms with E-state index in [0.717, 1.165) is 32.1 Å². The molecule has 76 valence electrons. The van der Waals surface area contributed by atoms with Crippen LogP contribution in [0.4, 0.5) is 0 Å². The predicted octanol–water partition coefficient (Wildman–Crippen LogP) is 3.72. The minimum absolute atomic E-state index is 0.116. The molecule has 1 fully saturated rings. The van der Waals surface area contributed by atoms with Crippen LogP contribution < -0.4 is 0 Å². The lowest BCUT2D eigenvalue weighted by Gasteiger charge is -2.26. The quantitative estimate of drug-likeness (QED) is 0.633. The van der Waals surface area contributed by atoms with Gasteiger partial charge in [-0.3, -0.25) is 4.79 Å². The summed E-state index contributed by atoms with van der Waals surface area (Å²) in [6.45, 7) is 4.40. The van der Waals surface area contributed by atoms with Gasteiger partial charge in [-0.1, -0.05) is 33.1 Å². The summed E-state index contributed by atoms with van der Waals surface area (Å²) in [6, 6.07) is 0. The number of carbonyl (C=O) groups is 1. The maximum absolute atomic E-state index is 11.8. The minimum atomic E-state index is 0.116. The Labute approximate surface area is 81.9 Å². The third-order valence-electron chi connectivity index (χ3n) is 3.39. The molecule has 0 radical (unpaired) electrons. The summed E-state index contributed by atoms with van der Waals surface area (Å²) >= 11 is 0. The van der Waals surface area contributed by atoms with Crippen molar-refractivity contribution in [2.45, 2.75) is 65.2 Å². The van der Waals surface area contributed by atoms with Crippen molar-refractivity contribution in [2.24, 2.45) is 5.41 Å². The van der Waals surface area contributed by atoms with E-state index in [1.165, 1.54) is 19.3 Å². The van der Waals surface area contributed by atoms with E-state index in [4.69, 9.17) is 0 Å². The number of rotatable bonds is 5. The molecule has 13 heavy (non-hydrogen) atoms. The molecular weight excluding hydrogens is 160 g/mol. The number of unbranched alkanes of at least 4 members (excludes halogenated alkanes) is 1. The molecule has 0 aliphatic heterocycles. The highest BCUT2D eigenvalue weighted by Gasteiger charge is 2.39. The van der Waals surface area contributed by atoms with Gasteiger partial charge in [-0.05, 0) is 25.7 Å². The molecule has 0 N–H and O–H groups in total. The van der Waals surface area contributed by atoms with Crippen LogP contribution >= 0.6 is 0 Å². The third-order valence-corrected chi connectivity index (χ3v) is 3.39. The summed E-state index contributed by atoms with van der Waals surface area (Å²) in [5, 5.41) is 0. The Kier molecular flexibility index (Phi) is 3.95. The summed E-state index contributed by atoms with van der Waals surface area (Å²) < 4.78 is 0. The van der Waals surface area contributed by atoms with Gasteiger partial charge in [-0.25, -0.2) is 0 Å². The van der Waals surface area contributed by atoms with Crippen molar-refractivity contribution < 1.29 is 4.79 Å². The first kappa shape index (κ1) is 10.7. The van der Waals surface area contributed by atoms with E-state index in [9.17, 15) is 4.79 Å². The average Bonchev–Trinajstić information content (AvgIpc) is 2.46. The first-order chi connectivity index (χ1) is 6.25. The van der Waals surface area contributed by atoms with Crippen LogP contribution in [0.25, 0.3) is 0 Å². The second kappa shape index (κ2) is 4.78. The monoisotopic (exact) mass is 182 g/mol. The Morgan fingerprint density at radius 1 is 1.23 bits per heavy atom. The molecule has 1 unspecified atom stereocenters. The van der Waals surface area contributed by atoms with Gasteiger partial charge in [-0.15, -0.1) is 0 Å². The topological polar surface area (TPSA) is 17.1 Å². The van der Waals surface area contributed by atoms with Crippen molar-refractivity contribution in [1.29, 1.82) is 0 Å². The minimum Gasteiger partial charge on any atom is -0.299 e. The first-order valence-electron chi connectivity index (χ1n) is 5.78. The maximum atomic E-state index is 11.8. The maximum Gasteiger partial charge on any atom is 0.139 e. The smallest absolute Gasteiger partial charge is 0.139 e. The Balaban J connectivity index is 2.57. The molecule has 1 rings (SSSR count). The molecule has 1 aliphatic carbocycles. The zero-order valence-corrected chi connectivity index (χ0v) is 9.07. The molecule has 1 heteroatoms. The molecule has 1 nitrogen and oxygen atoms in total. The van der Waals surface area contributed by atoms with Gasteiger partial charge in [0.2, 0.25) is 0 Å². The molecule has 0 heterocycles. The van der Waals surface area contributed by atoms with E-state index >= 15 is 0 Å². The van der Waals surface area contributed by atoms with Gasteiger partial charge >= 0.3 is 0 Å². The fourth-order valence-corrected chi connectivity index (χ4v) is 2.64. The van der Waals surface area contributed by atoms with E-state index < -0.39 is 0 Å². The summed E-state index contributed by atoms with van der Waals surface area (Å²) in [5.41, 5.74) is 0.116. The Bertz CT molecular complexity index is 174. The Morgan fingerprint density at radius 2 is 2.00 bits per heavy atom. The second-order valence-corrected chi connectivity index (χ2v) is 4.41. The van der Waals surface area contributed by atoms with E-state index in [1.54, 1.807) is 0 Å². The van der Waals surface area contributed by atoms with Gasteiger partial charge in [0, 0.05) is 11.8 Å². The molecule has 0 amide bonds. The van der Waals surface area contributed by atoms with E-state index in [0.29, 0.717) is 5.78 Å². The zero-order chi connectivity index (χ0) is 9.73. The lowest BCUT2D eigenvalue weighted by atomic mass is 9.76. The van der Waals surface area contributed by atoms with Crippen molar-refractivity contribution in [3.63, 3.8) is 0 Å². The third kappa shape index (κ3) is 2.32. The van der Waals surface area contributed by atoms with Gasteiger partial charge in [0.25, 0.3) is 0 Å². The van der Waals surface area contributed by atoms with Crippen LogP contribution in [0.5, 0.6) is 0 Å². The SMILES string of the molecule is CCCCC1(CCC)CCCC1=O. The summed E-state index contributed by atoms with van der Waals surface area (Å²) in [6.07, 6.45) is 9.05. The van der Waals surface area contributed by atoms with Crippen molar-refractivity contribution in [1.82, 2.24) is 0 Å². The van der Waals surface area contributed by atoms with Crippen molar-refractivity contribution in [3.8, 4) is 0 Å². The van der Waals surface area contributed by atoms with Gasteiger partial charge in [0.15, 0.2) is 0 Å². The molecule has 0 aromatic rings. The highest BCUT2D eigenvalue weighted by molar-refractivity contribution is 5.86.